The van der Waals surface area contributed by atoms with Gasteiger partial charge >= 0.3 is 0 Å². The van der Waals surface area contributed by atoms with Gasteiger partial charge in [-0.2, -0.15) is 0 Å². The highest BCUT2D eigenvalue weighted by Crippen LogP contribution is 2.35. The Morgan fingerprint density at radius 3 is 2.35 bits per heavy atom. The van der Waals surface area contributed by atoms with Gasteiger partial charge in [0.05, 0.1) is 12.1 Å². The summed E-state index contributed by atoms with van der Waals surface area (Å²) in [7, 11) is 1.78. The van der Waals surface area contributed by atoms with Gasteiger partial charge in [-0.05, 0) is 33.7 Å². The monoisotopic (exact) mass is 242 g/mol. The number of aliphatic hydroxyl groups is 1. The minimum atomic E-state index is -0.550. The van der Waals surface area contributed by atoms with E-state index in [9.17, 15) is 9.90 Å². The maximum Gasteiger partial charge on any atom is 0.239 e. The van der Waals surface area contributed by atoms with Crippen LogP contribution >= 0.6 is 0 Å². The van der Waals surface area contributed by atoms with Gasteiger partial charge in [0.2, 0.25) is 5.91 Å². The number of hydrogen-bond donors (Lipinski definition) is 3. The Hall–Kier alpha value is -0.610. The highest BCUT2D eigenvalue weighted by molar-refractivity contribution is 5.85. The SMILES string of the molecule is CNC(C)(C)C(=O)NCC1(CO)CCCCC1. The predicted octanol–water partition coefficient (Wildman–Crippen LogP) is 1.04. The topological polar surface area (TPSA) is 61.4 Å². The van der Waals surface area contributed by atoms with E-state index in [4.69, 9.17) is 0 Å². The molecule has 100 valence electrons. The number of hydrogen-bond acceptors (Lipinski definition) is 3. The molecule has 0 aromatic rings. The highest BCUT2D eigenvalue weighted by atomic mass is 16.3. The fourth-order valence-electron chi connectivity index (χ4n) is 2.29. The number of carbonyl (C=O) groups is 1. The van der Waals surface area contributed by atoms with E-state index in [0.717, 1.165) is 25.7 Å². The minimum absolute atomic E-state index is 0.00148. The van der Waals surface area contributed by atoms with E-state index < -0.39 is 5.54 Å². The summed E-state index contributed by atoms with van der Waals surface area (Å²) in [4.78, 5) is 11.9. The number of aliphatic hydroxyl groups excluding tert-OH is 1. The quantitative estimate of drug-likeness (QED) is 0.675. The molecule has 0 bridgehead atoms. The lowest BCUT2D eigenvalue weighted by Crippen LogP contribution is -2.53. The first-order chi connectivity index (χ1) is 7.96. The summed E-state index contributed by atoms with van der Waals surface area (Å²) < 4.78 is 0. The second kappa shape index (κ2) is 5.83. The van der Waals surface area contributed by atoms with Crippen molar-refractivity contribution in [3.63, 3.8) is 0 Å². The summed E-state index contributed by atoms with van der Waals surface area (Å²) >= 11 is 0. The zero-order valence-electron chi connectivity index (χ0n) is 11.3. The Kier molecular flexibility index (Phi) is 4.95. The fraction of sp³-hybridized carbons (Fsp3) is 0.923. The molecule has 1 fully saturated rings. The van der Waals surface area contributed by atoms with E-state index in [1.54, 1.807) is 7.05 Å². The normalized spacial score (nSPS) is 20.0. The lowest BCUT2D eigenvalue weighted by atomic mass is 9.74. The van der Waals surface area contributed by atoms with Crippen molar-refractivity contribution >= 4 is 5.91 Å². The van der Waals surface area contributed by atoms with E-state index in [-0.39, 0.29) is 17.9 Å². The average Bonchev–Trinajstić information content (AvgIpc) is 2.37. The zero-order valence-corrected chi connectivity index (χ0v) is 11.3. The summed E-state index contributed by atoms with van der Waals surface area (Å²) in [5.74, 6) is -0.00148. The van der Waals surface area contributed by atoms with E-state index in [2.05, 4.69) is 10.6 Å². The number of amides is 1. The zero-order chi connectivity index (χ0) is 12.9. The molecule has 0 aromatic carbocycles. The molecule has 0 spiro atoms. The number of carbonyl (C=O) groups excluding carboxylic acids is 1. The first-order valence-electron chi connectivity index (χ1n) is 6.54. The maximum absolute atomic E-state index is 11.9. The van der Waals surface area contributed by atoms with Crippen LogP contribution in [-0.2, 0) is 4.79 Å². The molecule has 0 heterocycles. The van der Waals surface area contributed by atoms with Crippen molar-refractivity contribution in [2.24, 2.45) is 5.41 Å². The van der Waals surface area contributed by atoms with Gasteiger partial charge in [0.1, 0.15) is 0 Å². The predicted molar refractivity (Wildman–Crippen MR) is 68.8 cm³/mol. The van der Waals surface area contributed by atoms with Crippen LogP contribution in [0.3, 0.4) is 0 Å². The van der Waals surface area contributed by atoms with Crippen molar-refractivity contribution in [3.8, 4) is 0 Å². The second-order valence-corrected chi connectivity index (χ2v) is 5.78. The molecule has 0 saturated heterocycles. The van der Waals surface area contributed by atoms with Crippen molar-refractivity contribution < 1.29 is 9.90 Å². The molecule has 17 heavy (non-hydrogen) atoms. The fourth-order valence-corrected chi connectivity index (χ4v) is 2.29. The molecule has 0 atom stereocenters. The Labute approximate surface area is 104 Å². The van der Waals surface area contributed by atoms with Gasteiger partial charge in [-0.1, -0.05) is 19.3 Å². The van der Waals surface area contributed by atoms with Crippen LogP contribution in [0.2, 0.25) is 0 Å². The average molecular weight is 242 g/mol. The van der Waals surface area contributed by atoms with Crippen molar-refractivity contribution in [2.75, 3.05) is 20.2 Å². The summed E-state index contributed by atoms with van der Waals surface area (Å²) in [6.45, 7) is 4.48. The lowest BCUT2D eigenvalue weighted by Gasteiger charge is -2.36. The van der Waals surface area contributed by atoms with Crippen molar-refractivity contribution in [2.45, 2.75) is 51.5 Å². The lowest BCUT2D eigenvalue weighted by molar-refractivity contribution is -0.127. The number of nitrogens with one attached hydrogen (secondary N) is 2. The number of rotatable bonds is 5. The van der Waals surface area contributed by atoms with Gasteiger partial charge in [-0.25, -0.2) is 0 Å². The summed E-state index contributed by atoms with van der Waals surface area (Å²) in [5.41, 5.74) is -0.636. The molecule has 1 aliphatic rings. The molecular weight excluding hydrogens is 216 g/mol. The first-order valence-corrected chi connectivity index (χ1v) is 6.54. The van der Waals surface area contributed by atoms with Crippen molar-refractivity contribution in [1.82, 2.24) is 10.6 Å². The van der Waals surface area contributed by atoms with Crippen LogP contribution in [-0.4, -0.2) is 36.8 Å². The van der Waals surface area contributed by atoms with Gasteiger partial charge in [0, 0.05) is 12.0 Å². The Bertz CT molecular complexity index is 258. The molecule has 1 rings (SSSR count). The molecule has 0 radical (unpaired) electrons. The third-order valence-corrected chi connectivity index (χ3v) is 4.07. The van der Waals surface area contributed by atoms with Gasteiger partial charge in [-0.15, -0.1) is 0 Å². The molecule has 4 nitrogen and oxygen atoms in total. The third kappa shape index (κ3) is 3.68. The maximum atomic E-state index is 11.9. The van der Waals surface area contributed by atoms with Crippen molar-refractivity contribution in [1.29, 1.82) is 0 Å². The standard InChI is InChI=1S/C13H26N2O2/c1-12(2,14-3)11(17)15-9-13(10-16)7-5-4-6-8-13/h14,16H,4-10H2,1-3H3,(H,15,17). The van der Waals surface area contributed by atoms with Gasteiger partial charge in [-0.3, -0.25) is 4.79 Å². The molecule has 0 unspecified atom stereocenters. The van der Waals surface area contributed by atoms with Crippen LogP contribution in [0.1, 0.15) is 46.0 Å². The molecule has 3 N–H and O–H groups in total. The van der Waals surface area contributed by atoms with Crippen LogP contribution < -0.4 is 10.6 Å². The van der Waals surface area contributed by atoms with Crippen LogP contribution in [0, 0.1) is 5.41 Å². The number of likely N-dealkylation sites (N-methyl/N-ethyl adjacent to an activating group) is 1. The van der Waals surface area contributed by atoms with Crippen LogP contribution in [0.15, 0.2) is 0 Å². The Balaban J connectivity index is 2.50. The summed E-state index contributed by atoms with van der Waals surface area (Å²) in [5, 5.41) is 15.5. The van der Waals surface area contributed by atoms with Crippen LogP contribution in [0.25, 0.3) is 0 Å². The van der Waals surface area contributed by atoms with E-state index >= 15 is 0 Å². The smallest absolute Gasteiger partial charge is 0.239 e. The highest BCUT2D eigenvalue weighted by Gasteiger charge is 2.33. The molecule has 1 aliphatic carbocycles. The van der Waals surface area contributed by atoms with Crippen molar-refractivity contribution in [3.05, 3.63) is 0 Å². The van der Waals surface area contributed by atoms with E-state index in [1.807, 2.05) is 13.8 Å². The summed E-state index contributed by atoms with van der Waals surface area (Å²) in [6.07, 6.45) is 5.60. The molecule has 0 aromatic heterocycles. The summed E-state index contributed by atoms with van der Waals surface area (Å²) in [6, 6.07) is 0. The van der Waals surface area contributed by atoms with Crippen LogP contribution in [0.5, 0.6) is 0 Å². The van der Waals surface area contributed by atoms with Gasteiger partial charge < -0.3 is 15.7 Å². The van der Waals surface area contributed by atoms with Gasteiger partial charge in [0.15, 0.2) is 0 Å². The van der Waals surface area contributed by atoms with E-state index in [0.29, 0.717) is 6.54 Å². The molecule has 1 amide bonds. The molecule has 4 heteroatoms. The second-order valence-electron chi connectivity index (χ2n) is 5.78. The molecule has 1 saturated carbocycles. The molecular formula is C13H26N2O2. The Morgan fingerprint density at radius 1 is 1.29 bits per heavy atom. The Morgan fingerprint density at radius 2 is 1.88 bits per heavy atom. The van der Waals surface area contributed by atoms with Crippen LogP contribution in [0.4, 0.5) is 0 Å². The minimum Gasteiger partial charge on any atom is -0.396 e. The van der Waals surface area contributed by atoms with E-state index in [1.165, 1.54) is 6.42 Å². The third-order valence-electron chi connectivity index (χ3n) is 4.07. The largest absolute Gasteiger partial charge is 0.396 e. The molecule has 0 aliphatic heterocycles. The van der Waals surface area contributed by atoms with Gasteiger partial charge in [0.25, 0.3) is 0 Å². The first kappa shape index (κ1) is 14.5.